The first-order valence-electron chi connectivity index (χ1n) is 6.22. The molecular formula is C14H14ClN3O. The van der Waals surface area contributed by atoms with Gasteiger partial charge in [-0.25, -0.2) is 4.98 Å². The SMILES string of the molecule is CC(C1=CC=CNC1)N1Cc2c(ccnc2Cl)C1=O. The smallest absolute Gasteiger partial charge is 0.255 e. The number of carbonyl (C=O) groups is 1. The maximum Gasteiger partial charge on any atom is 0.255 e. The zero-order valence-corrected chi connectivity index (χ0v) is 11.3. The van der Waals surface area contributed by atoms with Crippen molar-refractivity contribution in [3.05, 3.63) is 52.5 Å². The van der Waals surface area contributed by atoms with Crippen LogP contribution < -0.4 is 5.32 Å². The van der Waals surface area contributed by atoms with E-state index < -0.39 is 0 Å². The molecular weight excluding hydrogens is 262 g/mol. The van der Waals surface area contributed by atoms with Crippen LogP contribution in [0.2, 0.25) is 5.15 Å². The second-order valence-electron chi connectivity index (χ2n) is 4.72. The van der Waals surface area contributed by atoms with Crippen molar-refractivity contribution in [1.29, 1.82) is 0 Å². The van der Waals surface area contributed by atoms with E-state index in [-0.39, 0.29) is 11.9 Å². The highest BCUT2D eigenvalue weighted by atomic mass is 35.5. The number of dihydropyridines is 1. The summed E-state index contributed by atoms with van der Waals surface area (Å²) < 4.78 is 0. The molecule has 0 aliphatic carbocycles. The van der Waals surface area contributed by atoms with E-state index in [0.717, 1.165) is 12.1 Å². The highest BCUT2D eigenvalue weighted by Gasteiger charge is 2.33. The number of fused-ring (bicyclic) bond motifs is 1. The van der Waals surface area contributed by atoms with Crippen molar-refractivity contribution in [2.45, 2.75) is 19.5 Å². The number of hydrogen-bond acceptors (Lipinski definition) is 3. The normalized spacial score (nSPS) is 18.9. The van der Waals surface area contributed by atoms with Gasteiger partial charge in [-0.2, -0.15) is 0 Å². The predicted molar refractivity (Wildman–Crippen MR) is 73.8 cm³/mol. The Hall–Kier alpha value is -1.81. The number of amides is 1. The third-order valence-corrected chi connectivity index (χ3v) is 3.98. The number of halogens is 1. The number of nitrogens with one attached hydrogen (secondary N) is 1. The zero-order chi connectivity index (χ0) is 13.4. The molecule has 3 rings (SSSR count). The molecule has 1 aromatic rings. The van der Waals surface area contributed by atoms with E-state index >= 15 is 0 Å². The Morgan fingerprint density at radius 2 is 2.37 bits per heavy atom. The quantitative estimate of drug-likeness (QED) is 0.841. The van der Waals surface area contributed by atoms with Crippen LogP contribution in [0.15, 0.2) is 36.2 Å². The minimum absolute atomic E-state index is 0.0299. The summed E-state index contributed by atoms with van der Waals surface area (Å²) >= 11 is 6.06. The Kier molecular flexibility index (Phi) is 3.03. The molecule has 5 heteroatoms. The van der Waals surface area contributed by atoms with Gasteiger partial charge in [0.2, 0.25) is 0 Å². The van der Waals surface area contributed by atoms with Gasteiger partial charge in [-0.05, 0) is 30.8 Å². The van der Waals surface area contributed by atoms with Crippen LogP contribution in [0.4, 0.5) is 0 Å². The molecule has 19 heavy (non-hydrogen) atoms. The maximum absolute atomic E-state index is 12.4. The first-order valence-corrected chi connectivity index (χ1v) is 6.59. The molecule has 98 valence electrons. The molecule has 0 bridgehead atoms. The number of aromatic nitrogens is 1. The number of hydrogen-bond donors (Lipinski definition) is 1. The van der Waals surface area contributed by atoms with Crippen LogP contribution in [-0.4, -0.2) is 28.4 Å². The fraction of sp³-hybridized carbons (Fsp3) is 0.286. The third kappa shape index (κ3) is 2.02. The lowest BCUT2D eigenvalue weighted by molar-refractivity contribution is 0.0740. The molecule has 2 aliphatic heterocycles. The Morgan fingerprint density at radius 3 is 3.05 bits per heavy atom. The van der Waals surface area contributed by atoms with Crippen molar-refractivity contribution in [3.63, 3.8) is 0 Å². The van der Waals surface area contributed by atoms with E-state index in [0.29, 0.717) is 17.3 Å². The molecule has 0 spiro atoms. The lowest BCUT2D eigenvalue weighted by Crippen LogP contribution is -2.37. The number of pyridine rings is 1. The van der Waals surface area contributed by atoms with Crippen molar-refractivity contribution in [1.82, 2.24) is 15.2 Å². The van der Waals surface area contributed by atoms with E-state index in [2.05, 4.69) is 16.4 Å². The first kappa shape index (κ1) is 12.2. The zero-order valence-electron chi connectivity index (χ0n) is 10.6. The maximum atomic E-state index is 12.4. The Balaban J connectivity index is 1.89. The molecule has 4 nitrogen and oxygen atoms in total. The van der Waals surface area contributed by atoms with Gasteiger partial charge in [-0.15, -0.1) is 0 Å². The second kappa shape index (κ2) is 4.70. The van der Waals surface area contributed by atoms with Crippen molar-refractivity contribution in [3.8, 4) is 0 Å². The molecule has 1 amide bonds. The standard InChI is InChI=1S/C14H14ClN3O/c1-9(10-3-2-5-16-7-10)18-8-12-11(14(18)19)4-6-17-13(12)15/h2-6,9,16H,7-8H2,1H3. The molecule has 0 radical (unpaired) electrons. The lowest BCUT2D eigenvalue weighted by Gasteiger charge is -2.27. The molecule has 2 aliphatic rings. The summed E-state index contributed by atoms with van der Waals surface area (Å²) in [7, 11) is 0. The average molecular weight is 276 g/mol. The monoisotopic (exact) mass is 275 g/mol. The summed E-state index contributed by atoms with van der Waals surface area (Å²) in [4.78, 5) is 18.3. The summed E-state index contributed by atoms with van der Waals surface area (Å²) in [5, 5.41) is 3.59. The molecule has 1 N–H and O–H groups in total. The van der Waals surface area contributed by atoms with Crippen molar-refractivity contribution in [2.75, 3.05) is 6.54 Å². The first-order chi connectivity index (χ1) is 9.18. The van der Waals surface area contributed by atoms with Crippen molar-refractivity contribution >= 4 is 17.5 Å². The van der Waals surface area contributed by atoms with Gasteiger partial charge in [0.05, 0.1) is 12.6 Å². The van der Waals surface area contributed by atoms with E-state index in [1.807, 2.05) is 24.1 Å². The van der Waals surface area contributed by atoms with Crippen LogP contribution in [0, 0.1) is 0 Å². The van der Waals surface area contributed by atoms with Crippen LogP contribution in [-0.2, 0) is 6.54 Å². The van der Waals surface area contributed by atoms with E-state index in [1.54, 1.807) is 12.3 Å². The number of allylic oxidation sites excluding steroid dienone is 2. The van der Waals surface area contributed by atoms with E-state index in [9.17, 15) is 4.79 Å². The molecule has 0 aromatic carbocycles. The average Bonchev–Trinajstić information content (AvgIpc) is 2.78. The van der Waals surface area contributed by atoms with Gasteiger partial charge >= 0.3 is 0 Å². The lowest BCUT2D eigenvalue weighted by atomic mass is 10.1. The topological polar surface area (TPSA) is 45.2 Å². The summed E-state index contributed by atoms with van der Waals surface area (Å²) in [5.74, 6) is 0.0299. The summed E-state index contributed by atoms with van der Waals surface area (Å²) in [6.07, 6.45) is 7.49. The summed E-state index contributed by atoms with van der Waals surface area (Å²) in [5.41, 5.74) is 2.69. The van der Waals surface area contributed by atoms with Gasteiger partial charge in [0.25, 0.3) is 5.91 Å². The minimum Gasteiger partial charge on any atom is -0.387 e. The van der Waals surface area contributed by atoms with E-state index in [1.165, 1.54) is 5.57 Å². The largest absolute Gasteiger partial charge is 0.387 e. The fourth-order valence-corrected chi connectivity index (χ4v) is 2.71. The second-order valence-corrected chi connectivity index (χ2v) is 5.08. The van der Waals surface area contributed by atoms with Gasteiger partial charge in [0.1, 0.15) is 5.15 Å². The number of rotatable bonds is 2. The minimum atomic E-state index is 0.0299. The molecule has 0 saturated carbocycles. The molecule has 0 saturated heterocycles. The van der Waals surface area contributed by atoms with Crippen LogP contribution in [0.25, 0.3) is 0 Å². The Bertz CT molecular complexity index is 594. The van der Waals surface area contributed by atoms with Crippen LogP contribution in [0.3, 0.4) is 0 Å². The highest BCUT2D eigenvalue weighted by molar-refractivity contribution is 6.30. The van der Waals surface area contributed by atoms with Crippen LogP contribution >= 0.6 is 11.6 Å². The van der Waals surface area contributed by atoms with Crippen molar-refractivity contribution < 1.29 is 4.79 Å². The molecule has 1 unspecified atom stereocenters. The third-order valence-electron chi connectivity index (χ3n) is 3.66. The van der Waals surface area contributed by atoms with Gasteiger partial charge < -0.3 is 10.2 Å². The van der Waals surface area contributed by atoms with Crippen LogP contribution in [0.5, 0.6) is 0 Å². The highest BCUT2D eigenvalue weighted by Crippen LogP contribution is 2.30. The predicted octanol–water partition coefficient (Wildman–Crippen LogP) is 2.12. The fourth-order valence-electron chi connectivity index (χ4n) is 2.49. The Morgan fingerprint density at radius 1 is 1.53 bits per heavy atom. The van der Waals surface area contributed by atoms with Gasteiger partial charge in [0, 0.05) is 23.9 Å². The van der Waals surface area contributed by atoms with Crippen molar-refractivity contribution in [2.24, 2.45) is 0 Å². The molecule has 3 heterocycles. The van der Waals surface area contributed by atoms with E-state index in [4.69, 9.17) is 11.6 Å². The van der Waals surface area contributed by atoms with Gasteiger partial charge in [-0.1, -0.05) is 17.7 Å². The van der Waals surface area contributed by atoms with Crippen LogP contribution in [0.1, 0.15) is 22.8 Å². The van der Waals surface area contributed by atoms with Gasteiger partial charge in [0.15, 0.2) is 0 Å². The molecule has 1 aromatic heterocycles. The number of carbonyl (C=O) groups excluding carboxylic acids is 1. The Labute approximate surface area is 116 Å². The molecule has 0 fully saturated rings. The van der Waals surface area contributed by atoms with Gasteiger partial charge in [-0.3, -0.25) is 4.79 Å². The summed E-state index contributed by atoms with van der Waals surface area (Å²) in [6, 6.07) is 1.79. The number of nitrogens with zero attached hydrogens (tertiary/aromatic N) is 2. The summed E-state index contributed by atoms with van der Waals surface area (Å²) in [6.45, 7) is 3.34. The molecule has 1 atom stereocenters.